The lowest BCUT2D eigenvalue weighted by Gasteiger charge is -2.20. The zero-order chi connectivity index (χ0) is 34.5. The quantitative estimate of drug-likeness (QED) is 0.0554. The zero-order valence-corrected chi connectivity index (χ0v) is 30.3. The van der Waals surface area contributed by atoms with E-state index in [0.717, 1.165) is 44.9 Å². The smallest absolute Gasteiger partial charge is 0.375 e. The molecule has 2 heterocycles. The van der Waals surface area contributed by atoms with Gasteiger partial charge in [0.25, 0.3) is 5.56 Å². The first-order chi connectivity index (χ1) is 22.5. The van der Waals surface area contributed by atoms with Crippen LogP contribution in [0.15, 0.2) is 14.4 Å². The molecule has 272 valence electrons. The van der Waals surface area contributed by atoms with Gasteiger partial charge in [0.1, 0.15) is 5.65 Å². The molecule has 2 rings (SSSR count). The predicted molar refractivity (Wildman–Crippen MR) is 187 cm³/mol. The largest absolute Gasteiger partial charge is 0.443 e. The van der Waals surface area contributed by atoms with Crippen molar-refractivity contribution >= 4 is 28.7 Å². The molecule has 0 aliphatic heterocycles. The highest BCUT2D eigenvalue weighted by Gasteiger charge is 2.31. The summed E-state index contributed by atoms with van der Waals surface area (Å²) in [4.78, 5) is 53.9. The van der Waals surface area contributed by atoms with E-state index in [0.29, 0.717) is 12.8 Å². The minimum absolute atomic E-state index is 0.00358. The topological polar surface area (TPSA) is 193 Å². The maximum atomic E-state index is 13.1. The number of unbranched alkanes of at least 4 members (excludes halogenated alkanes) is 18. The Kier molecular flexibility index (Phi) is 19.8. The van der Waals surface area contributed by atoms with Gasteiger partial charge in [-0.25, -0.2) is 22.6 Å². The van der Waals surface area contributed by atoms with E-state index in [2.05, 4.69) is 28.8 Å². The van der Waals surface area contributed by atoms with Gasteiger partial charge in [-0.3, -0.25) is 24.3 Å². The Morgan fingerprint density at radius 3 is 1.74 bits per heavy atom. The Labute approximate surface area is 279 Å². The average molecular weight is 707 g/mol. The molecule has 0 saturated carbocycles. The molecule has 2 aromatic heterocycles. The maximum Gasteiger partial charge on any atom is 0.443 e. The van der Waals surface area contributed by atoms with Crippen molar-refractivity contribution in [2.45, 2.75) is 148 Å². The fraction of sp³-hybridized carbons (Fsp3) is 0.844. The van der Waals surface area contributed by atoms with Crippen molar-refractivity contribution in [3.63, 3.8) is 0 Å². The molecule has 0 saturated heterocycles. The highest BCUT2D eigenvalue weighted by Crippen LogP contribution is 2.41. The van der Waals surface area contributed by atoms with Crippen LogP contribution < -0.4 is 16.9 Å². The van der Waals surface area contributed by atoms with E-state index in [-0.39, 0.29) is 22.3 Å². The molecule has 15 heteroatoms. The minimum Gasteiger partial charge on any atom is -0.375 e. The van der Waals surface area contributed by atoms with Gasteiger partial charge < -0.3 is 9.63 Å². The monoisotopic (exact) mass is 706 g/mol. The molecule has 0 aliphatic carbocycles. The number of hydrogen-bond acceptors (Lipinski definition) is 8. The van der Waals surface area contributed by atoms with Crippen LogP contribution in [0.2, 0.25) is 0 Å². The number of imidazole rings is 1. The maximum absolute atomic E-state index is 13.1. The molecule has 2 atom stereocenters. The molecule has 0 spiro atoms. The van der Waals surface area contributed by atoms with Crippen LogP contribution in [0.4, 0.5) is 0 Å². The molecule has 0 fully saturated rings. The first kappa shape index (κ1) is 41.2. The van der Waals surface area contributed by atoms with Crippen LogP contribution in [0.1, 0.15) is 142 Å². The zero-order valence-electron chi connectivity index (χ0n) is 28.6. The summed E-state index contributed by atoms with van der Waals surface area (Å²) in [7, 11) is -8.68. The van der Waals surface area contributed by atoms with Gasteiger partial charge in [0.05, 0.1) is 24.2 Å². The lowest BCUT2D eigenvalue weighted by Crippen LogP contribution is -2.36. The van der Waals surface area contributed by atoms with Gasteiger partial charge >= 0.3 is 19.1 Å². The van der Waals surface area contributed by atoms with Gasteiger partial charge in [-0.05, 0) is 12.8 Å². The lowest BCUT2D eigenvalue weighted by atomic mass is 10.1. The molecule has 0 amide bonds. The van der Waals surface area contributed by atoms with Crippen LogP contribution in [-0.2, 0) is 23.7 Å². The summed E-state index contributed by atoms with van der Waals surface area (Å²) in [5.41, 5.74) is -3.91. The molecular formula is C32H59N4O9PS. The number of fused-ring (bicyclic) bond motifs is 1. The SMILES string of the molecule is CCCCCCCCCCCCCS(=O)(=O)CC(COP(=O)(O)n1c(=O)[nH]c2[nH]c(=O)[nH]c2c1=O)OCCCCCCCCCCC. The van der Waals surface area contributed by atoms with Crippen LogP contribution in [0, 0.1) is 0 Å². The number of nitrogens with one attached hydrogen (secondary N) is 3. The van der Waals surface area contributed by atoms with Crippen LogP contribution in [0.5, 0.6) is 0 Å². The summed E-state index contributed by atoms with van der Waals surface area (Å²) in [6, 6.07) is 0. The molecule has 4 N–H and O–H groups in total. The number of H-pyrrole nitrogens is 3. The Hall–Kier alpha value is -1.99. The third-order valence-electron chi connectivity index (χ3n) is 8.34. The first-order valence-corrected chi connectivity index (χ1v) is 21.1. The van der Waals surface area contributed by atoms with Crippen molar-refractivity contribution in [1.82, 2.24) is 19.3 Å². The summed E-state index contributed by atoms with van der Waals surface area (Å²) in [6.45, 7) is 4.01. The highest BCUT2D eigenvalue weighted by molar-refractivity contribution is 7.91. The molecule has 2 aromatic rings. The number of nitrogens with zero attached hydrogens (tertiary/aromatic N) is 1. The molecular weight excluding hydrogens is 647 g/mol. The second-order valence-corrected chi connectivity index (χ2v) is 16.5. The molecule has 2 unspecified atom stereocenters. The van der Waals surface area contributed by atoms with Gasteiger partial charge in [-0.15, -0.1) is 0 Å². The standard InChI is InChI=1S/C32H59N4O9PS/c1-3-5-7-9-11-13-14-16-18-20-22-24-47(42,43)26-27(44-23-21-19-17-15-12-10-8-6-4-2)25-45-46(40,41)36-30(37)28-29(35-32(36)39)34-31(38)33-28/h27H,3-26H2,1-2H3,(H,35,39)(H,40,41)(H2,33,34,38). The summed E-state index contributed by atoms with van der Waals surface area (Å²) >= 11 is 0. The van der Waals surface area contributed by atoms with Crippen LogP contribution in [0.25, 0.3) is 11.2 Å². The van der Waals surface area contributed by atoms with E-state index in [9.17, 15) is 32.3 Å². The number of sulfone groups is 1. The van der Waals surface area contributed by atoms with E-state index in [4.69, 9.17) is 9.26 Å². The van der Waals surface area contributed by atoms with E-state index >= 15 is 0 Å². The van der Waals surface area contributed by atoms with E-state index in [1.807, 2.05) is 0 Å². The molecule has 0 aliphatic rings. The Balaban J connectivity index is 1.91. The van der Waals surface area contributed by atoms with Crippen molar-refractivity contribution in [3.8, 4) is 0 Å². The first-order valence-electron chi connectivity index (χ1n) is 17.8. The summed E-state index contributed by atoms with van der Waals surface area (Å²) in [5, 5.41) is 0. The van der Waals surface area contributed by atoms with Crippen molar-refractivity contribution < 1.29 is 27.1 Å². The fourth-order valence-corrected chi connectivity index (χ4v) is 8.28. The Morgan fingerprint density at radius 2 is 1.21 bits per heavy atom. The average Bonchev–Trinajstić information content (AvgIpc) is 3.39. The fourth-order valence-electron chi connectivity index (χ4n) is 5.62. The minimum atomic E-state index is -5.10. The molecule has 47 heavy (non-hydrogen) atoms. The van der Waals surface area contributed by atoms with E-state index in [1.54, 1.807) is 0 Å². The van der Waals surface area contributed by atoms with Crippen molar-refractivity contribution in [2.24, 2.45) is 0 Å². The molecule has 0 aromatic carbocycles. The number of aromatic nitrogens is 4. The van der Waals surface area contributed by atoms with E-state index in [1.165, 1.54) is 70.6 Å². The van der Waals surface area contributed by atoms with E-state index < -0.39 is 58.5 Å². The summed E-state index contributed by atoms with van der Waals surface area (Å²) in [6.07, 6.45) is 20.9. The molecule has 13 nitrogen and oxygen atoms in total. The van der Waals surface area contributed by atoms with Gasteiger partial charge in [-0.1, -0.05) is 129 Å². The second-order valence-electron chi connectivity index (χ2n) is 12.6. The normalized spacial score (nSPS) is 14.1. The number of rotatable bonds is 29. The third-order valence-corrected chi connectivity index (χ3v) is 11.5. The highest BCUT2D eigenvalue weighted by atomic mass is 32.2. The van der Waals surface area contributed by atoms with Crippen molar-refractivity contribution in [2.75, 3.05) is 24.7 Å². The predicted octanol–water partition coefficient (Wildman–Crippen LogP) is 6.31. The lowest BCUT2D eigenvalue weighted by molar-refractivity contribution is 0.0283. The Bertz CT molecular complexity index is 1480. The van der Waals surface area contributed by atoms with Gasteiger partial charge in [0, 0.05) is 6.61 Å². The molecule has 0 bridgehead atoms. The van der Waals surface area contributed by atoms with Gasteiger partial charge in [0.2, 0.25) is 0 Å². The van der Waals surface area contributed by atoms with Crippen LogP contribution in [-0.4, -0.2) is 63.4 Å². The van der Waals surface area contributed by atoms with Gasteiger partial charge in [0.15, 0.2) is 15.4 Å². The van der Waals surface area contributed by atoms with Crippen LogP contribution in [0.3, 0.4) is 0 Å². The summed E-state index contributed by atoms with van der Waals surface area (Å²) in [5.74, 6) is -0.451. The Morgan fingerprint density at radius 1 is 0.723 bits per heavy atom. The second kappa shape index (κ2) is 22.6. The van der Waals surface area contributed by atoms with Crippen LogP contribution >= 0.6 is 7.75 Å². The van der Waals surface area contributed by atoms with Crippen molar-refractivity contribution in [3.05, 3.63) is 31.3 Å². The number of ether oxygens (including phenoxy) is 1. The van der Waals surface area contributed by atoms with Crippen molar-refractivity contribution in [1.29, 1.82) is 0 Å². The molecule has 0 radical (unpaired) electrons. The number of aromatic amines is 3. The third kappa shape index (κ3) is 16.3. The van der Waals surface area contributed by atoms with Gasteiger partial charge in [-0.2, -0.15) is 4.34 Å². The summed E-state index contributed by atoms with van der Waals surface area (Å²) < 4.78 is 50.1. The number of hydrogen-bond donors (Lipinski definition) is 4.